The van der Waals surface area contributed by atoms with E-state index in [0.29, 0.717) is 32.5 Å². The van der Waals surface area contributed by atoms with Crippen molar-refractivity contribution in [2.45, 2.75) is 26.2 Å². The smallest absolute Gasteiger partial charge is 0.293 e. The summed E-state index contributed by atoms with van der Waals surface area (Å²) in [7, 11) is 0. The first-order chi connectivity index (χ1) is 18.4. The van der Waals surface area contributed by atoms with Gasteiger partial charge in [0.15, 0.2) is 10.9 Å². The predicted octanol–water partition coefficient (Wildman–Crippen LogP) is 7.46. The second kappa shape index (κ2) is 11.3. The van der Waals surface area contributed by atoms with Crippen LogP contribution in [-0.2, 0) is 6.42 Å². The highest BCUT2D eigenvalue weighted by atomic mass is 35.5. The van der Waals surface area contributed by atoms with E-state index in [0.717, 1.165) is 30.5 Å². The van der Waals surface area contributed by atoms with Gasteiger partial charge in [-0.2, -0.15) is 4.80 Å². The maximum absolute atomic E-state index is 12.7. The van der Waals surface area contributed by atoms with Gasteiger partial charge in [-0.25, -0.2) is 0 Å². The summed E-state index contributed by atoms with van der Waals surface area (Å²) in [6, 6.07) is 22.0. The Balaban J connectivity index is 1.26. The molecule has 3 aromatic carbocycles. The van der Waals surface area contributed by atoms with Crippen molar-refractivity contribution >= 4 is 63.2 Å². The Kier molecular flexibility index (Phi) is 7.74. The largest absolute Gasteiger partial charge is 0.451 e. The number of nitrogens with one attached hydrogen (secondary N) is 2. The highest BCUT2D eigenvalue weighted by Crippen LogP contribution is 2.27. The van der Waals surface area contributed by atoms with Crippen molar-refractivity contribution in [1.29, 1.82) is 0 Å². The Morgan fingerprint density at radius 1 is 0.974 bits per heavy atom. The van der Waals surface area contributed by atoms with Crippen LogP contribution < -0.4 is 10.6 Å². The first-order valence-electron chi connectivity index (χ1n) is 12.0. The van der Waals surface area contributed by atoms with Gasteiger partial charge in [0.2, 0.25) is 0 Å². The predicted molar refractivity (Wildman–Crippen MR) is 155 cm³/mol. The molecule has 0 fully saturated rings. The topological polar surface area (TPSA) is 85.0 Å². The van der Waals surface area contributed by atoms with Crippen molar-refractivity contribution in [2.75, 3.05) is 5.32 Å². The molecule has 0 unspecified atom stereocenters. The van der Waals surface area contributed by atoms with Crippen LogP contribution in [0.2, 0.25) is 10.0 Å². The number of carbonyl (C=O) groups is 1. The molecule has 192 valence electrons. The zero-order valence-electron chi connectivity index (χ0n) is 20.4. The number of benzene rings is 3. The molecule has 0 radical (unpaired) electrons. The quantitative estimate of drug-likeness (QED) is 0.200. The number of thiocarbonyl (C=S) groups is 1. The summed E-state index contributed by atoms with van der Waals surface area (Å²) < 4.78 is 5.69. The Hall–Kier alpha value is -3.72. The maximum atomic E-state index is 12.7. The number of amides is 1. The SMILES string of the molecule is CCCCc1ccc(-n2nc3cc(Cl)c(NC(=S)NC(=O)c4ccc(-c5ccc(Cl)cc5)o4)cc3n2)cc1. The minimum atomic E-state index is -0.492. The highest BCUT2D eigenvalue weighted by Gasteiger charge is 2.16. The second-order valence-corrected chi connectivity index (χ2v) is 9.91. The number of anilines is 1. The molecule has 0 aliphatic heterocycles. The van der Waals surface area contributed by atoms with E-state index in [1.807, 2.05) is 24.3 Å². The van der Waals surface area contributed by atoms with Gasteiger partial charge in [-0.15, -0.1) is 10.2 Å². The molecular weight excluding hydrogens is 541 g/mol. The average molecular weight is 564 g/mol. The van der Waals surface area contributed by atoms with Crippen molar-refractivity contribution < 1.29 is 9.21 Å². The van der Waals surface area contributed by atoms with E-state index in [1.165, 1.54) is 5.56 Å². The summed E-state index contributed by atoms with van der Waals surface area (Å²) in [6.45, 7) is 2.18. The van der Waals surface area contributed by atoms with Crippen molar-refractivity contribution in [3.05, 3.63) is 94.2 Å². The molecule has 0 spiro atoms. The van der Waals surface area contributed by atoms with Gasteiger partial charge in [0.25, 0.3) is 5.91 Å². The van der Waals surface area contributed by atoms with E-state index in [-0.39, 0.29) is 10.9 Å². The average Bonchev–Trinajstić information content (AvgIpc) is 3.56. The molecular formula is C28H23Cl2N5O2S. The second-order valence-electron chi connectivity index (χ2n) is 8.66. The van der Waals surface area contributed by atoms with E-state index in [2.05, 4.69) is 39.9 Å². The Bertz CT molecular complexity index is 1610. The van der Waals surface area contributed by atoms with Crippen LogP contribution in [0, 0.1) is 0 Å². The van der Waals surface area contributed by atoms with E-state index in [1.54, 1.807) is 41.2 Å². The van der Waals surface area contributed by atoms with Gasteiger partial charge in [-0.05, 0) is 91.3 Å². The van der Waals surface area contributed by atoms with Crippen molar-refractivity contribution in [1.82, 2.24) is 20.3 Å². The van der Waals surface area contributed by atoms with Gasteiger partial charge < -0.3 is 9.73 Å². The number of unbranched alkanes of at least 4 members (excludes halogenated alkanes) is 1. The first-order valence-corrected chi connectivity index (χ1v) is 13.2. The summed E-state index contributed by atoms with van der Waals surface area (Å²) in [5.41, 5.74) is 4.69. The van der Waals surface area contributed by atoms with E-state index < -0.39 is 5.91 Å². The van der Waals surface area contributed by atoms with Crippen molar-refractivity contribution in [2.24, 2.45) is 0 Å². The number of carbonyl (C=O) groups excluding carboxylic acids is 1. The molecule has 5 rings (SSSR count). The molecule has 0 atom stereocenters. The molecule has 0 saturated carbocycles. The fourth-order valence-electron chi connectivity index (χ4n) is 3.87. The van der Waals surface area contributed by atoms with Crippen LogP contribution in [0.4, 0.5) is 5.69 Å². The number of aryl methyl sites for hydroxylation is 1. The summed E-state index contributed by atoms with van der Waals surface area (Å²) >= 11 is 17.7. The van der Waals surface area contributed by atoms with Crippen LogP contribution in [0.1, 0.15) is 35.9 Å². The summed E-state index contributed by atoms with van der Waals surface area (Å²) in [5.74, 6) is 0.162. The van der Waals surface area contributed by atoms with Crippen LogP contribution in [0.3, 0.4) is 0 Å². The molecule has 7 nitrogen and oxygen atoms in total. The van der Waals surface area contributed by atoms with Gasteiger partial charge in [0.05, 0.1) is 16.4 Å². The van der Waals surface area contributed by atoms with Crippen molar-refractivity contribution in [3.8, 4) is 17.0 Å². The van der Waals surface area contributed by atoms with E-state index in [9.17, 15) is 4.79 Å². The number of fused-ring (bicyclic) bond motifs is 1. The molecule has 2 aromatic heterocycles. The zero-order chi connectivity index (χ0) is 26.6. The van der Waals surface area contributed by atoms with Gasteiger partial charge in [-0.1, -0.05) is 48.7 Å². The van der Waals surface area contributed by atoms with Crippen LogP contribution in [0.25, 0.3) is 28.0 Å². The number of hydrogen-bond acceptors (Lipinski definition) is 5. The van der Waals surface area contributed by atoms with E-state index in [4.69, 9.17) is 39.8 Å². The number of furan rings is 1. The van der Waals surface area contributed by atoms with Gasteiger partial charge >= 0.3 is 0 Å². The third-order valence-electron chi connectivity index (χ3n) is 5.89. The summed E-state index contributed by atoms with van der Waals surface area (Å²) in [5, 5.41) is 15.8. The van der Waals surface area contributed by atoms with E-state index >= 15 is 0 Å². The fraction of sp³-hybridized carbons (Fsp3) is 0.143. The zero-order valence-corrected chi connectivity index (χ0v) is 22.7. The molecule has 5 aromatic rings. The highest BCUT2D eigenvalue weighted by molar-refractivity contribution is 7.80. The number of rotatable bonds is 7. The lowest BCUT2D eigenvalue weighted by molar-refractivity contribution is 0.0951. The Morgan fingerprint density at radius 3 is 2.39 bits per heavy atom. The molecule has 38 heavy (non-hydrogen) atoms. The fourth-order valence-corrected chi connectivity index (χ4v) is 4.41. The summed E-state index contributed by atoms with van der Waals surface area (Å²) in [4.78, 5) is 14.2. The number of nitrogens with zero attached hydrogens (tertiary/aromatic N) is 3. The minimum Gasteiger partial charge on any atom is -0.451 e. The Labute approximate surface area is 234 Å². The van der Waals surface area contributed by atoms with Crippen LogP contribution in [0.5, 0.6) is 0 Å². The third kappa shape index (κ3) is 5.88. The Morgan fingerprint density at radius 2 is 1.68 bits per heavy atom. The molecule has 10 heteroatoms. The van der Waals surface area contributed by atoms with Gasteiger partial charge in [-0.3, -0.25) is 10.1 Å². The molecule has 0 aliphatic carbocycles. The third-order valence-corrected chi connectivity index (χ3v) is 6.66. The summed E-state index contributed by atoms with van der Waals surface area (Å²) in [6.07, 6.45) is 3.37. The molecule has 2 heterocycles. The van der Waals surface area contributed by atoms with Crippen molar-refractivity contribution in [3.63, 3.8) is 0 Å². The van der Waals surface area contributed by atoms with Crippen LogP contribution in [0.15, 0.2) is 77.2 Å². The molecule has 1 amide bonds. The standard InChI is InChI=1S/C28H23Cl2N5O2S/c1-2-3-4-17-5-11-20(12-6-17)35-33-23-15-21(30)22(16-24(23)34-35)31-28(38)32-27(36)26-14-13-25(37-26)18-7-9-19(29)10-8-18/h5-16H,2-4H2,1H3,(H2,31,32,36,38). The first kappa shape index (κ1) is 25.9. The lowest BCUT2D eigenvalue weighted by Crippen LogP contribution is -2.33. The maximum Gasteiger partial charge on any atom is 0.293 e. The molecule has 0 saturated heterocycles. The number of hydrogen-bond donors (Lipinski definition) is 2. The van der Waals surface area contributed by atoms with Crippen LogP contribution in [-0.4, -0.2) is 26.0 Å². The molecule has 0 bridgehead atoms. The van der Waals surface area contributed by atoms with Gasteiger partial charge in [0.1, 0.15) is 16.8 Å². The number of aromatic nitrogens is 3. The number of halogens is 2. The van der Waals surface area contributed by atoms with Crippen LogP contribution >= 0.6 is 35.4 Å². The minimum absolute atomic E-state index is 0.0655. The lowest BCUT2D eigenvalue weighted by Gasteiger charge is -2.10. The lowest BCUT2D eigenvalue weighted by atomic mass is 10.1. The monoisotopic (exact) mass is 563 g/mol. The normalized spacial score (nSPS) is 11.0. The van der Waals surface area contributed by atoms with Gasteiger partial charge in [0, 0.05) is 10.6 Å². The molecule has 2 N–H and O–H groups in total. The molecule has 0 aliphatic rings.